The molecule has 0 unspecified atom stereocenters. The molecule has 0 aliphatic rings. The second kappa shape index (κ2) is 10.7. The van der Waals surface area contributed by atoms with Crippen LogP contribution in [0, 0.1) is 0 Å². The summed E-state index contributed by atoms with van der Waals surface area (Å²) in [7, 11) is 0. The lowest BCUT2D eigenvalue weighted by molar-refractivity contribution is -0.122. The zero-order valence-electron chi connectivity index (χ0n) is 13.8. The third-order valence-electron chi connectivity index (χ3n) is 2.94. The van der Waals surface area contributed by atoms with Crippen molar-refractivity contribution < 1.29 is 14.3 Å². The van der Waals surface area contributed by atoms with Crippen LogP contribution in [0.5, 0.6) is 0 Å². The molecule has 0 heterocycles. The summed E-state index contributed by atoms with van der Waals surface area (Å²) in [6.45, 7) is 3.95. The lowest BCUT2D eigenvalue weighted by Crippen LogP contribution is -2.46. The molecule has 0 fully saturated rings. The minimum Gasteiger partial charge on any atom is -0.445 e. The Morgan fingerprint density at radius 3 is 2.57 bits per heavy atom. The second-order valence-corrected chi connectivity index (χ2v) is 6.26. The van der Waals surface area contributed by atoms with Gasteiger partial charge in [-0.15, -0.1) is 0 Å². The monoisotopic (exact) mass is 336 g/mol. The Hall–Kier alpha value is -1.95. The first-order valence-corrected chi connectivity index (χ1v) is 8.82. The van der Waals surface area contributed by atoms with Gasteiger partial charge >= 0.3 is 6.09 Å². The molecule has 1 rings (SSSR count). The zero-order chi connectivity index (χ0) is 17.1. The van der Waals surface area contributed by atoms with E-state index in [0.29, 0.717) is 6.42 Å². The van der Waals surface area contributed by atoms with Crippen LogP contribution in [0.1, 0.15) is 25.8 Å². The van der Waals surface area contributed by atoms with E-state index in [1.807, 2.05) is 50.4 Å². The Balaban J connectivity index is 2.52. The van der Waals surface area contributed by atoms with Gasteiger partial charge in [0.05, 0.1) is 0 Å². The highest BCUT2D eigenvalue weighted by molar-refractivity contribution is 7.98. The Morgan fingerprint density at radius 2 is 1.96 bits per heavy atom. The van der Waals surface area contributed by atoms with Crippen molar-refractivity contribution >= 4 is 23.8 Å². The van der Waals surface area contributed by atoms with Crippen molar-refractivity contribution in [3.05, 3.63) is 47.7 Å². The molecule has 5 nitrogen and oxygen atoms in total. The predicted molar refractivity (Wildman–Crippen MR) is 94.1 cm³/mol. The van der Waals surface area contributed by atoms with E-state index in [1.54, 1.807) is 18.0 Å². The van der Waals surface area contributed by atoms with Gasteiger partial charge in [-0.2, -0.15) is 11.8 Å². The number of rotatable bonds is 8. The Kier molecular flexibility index (Phi) is 8.90. The van der Waals surface area contributed by atoms with Crippen molar-refractivity contribution in [1.82, 2.24) is 10.6 Å². The average molecular weight is 336 g/mol. The lowest BCUT2D eigenvalue weighted by atomic mass is 10.2. The number of ether oxygens (including phenoxy) is 1. The van der Waals surface area contributed by atoms with E-state index in [-0.39, 0.29) is 12.5 Å². The number of nitrogens with one attached hydrogen (secondary N) is 2. The number of hydrogen-bond acceptors (Lipinski definition) is 4. The first-order valence-electron chi connectivity index (χ1n) is 7.43. The molecule has 0 radical (unpaired) electrons. The summed E-state index contributed by atoms with van der Waals surface area (Å²) in [5.41, 5.74) is 1.88. The van der Waals surface area contributed by atoms with E-state index in [2.05, 4.69) is 10.6 Å². The fraction of sp³-hybridized carbons (Fsp3) is 0.412. The van der Waals surface area contributed by atoms with Gasteiger partial charge in [0.25, 0.3) is 0 Å². The first-order chi connectivity index (χ1) is 11.0. The number of carbonyl (C=O) groups excluding carboxylic acids is 2. The van der Waals surface area contributed by atoms with Crippen LogP contribution in [0.2, 0.25) is 0 Å². The molecular weight excluding hydrogens is 312 g/mol. The molecule has 6 heteroatoms. The van der Waals surface area contributed by atoms with Gasteiger partial charge in [-0.3, -0.25) is 4.79 Å². The molecule has 2 amide bonds. The normalized spacial score (nSPS) is 11.3. The van der Waals surface area contributed by atoms with Gasteiger partial charge in [-0.1, -0.05) is 35.9 Å². The molecule has 0 spiro atoms. The van der Waals surface area contributed by atoms with E-state index >= 15 is 0 Å². The molecule has 0 saturated heterocycles. The summed E-state index contributed by atoms with van der Waals surface area (Å²) >= 11 is 1.62. The summed E-state index contributed by atoms with van der Waals surface area (Å²) in [6, 6.07) is 8.80. The molecule has 0 aromatic heterocycles. The number of carbonyl (C=O) groups is 2. The number of allylic oxidation sites excluding steroid dienone is 1. The van der Waals surface area contributed by atoms with Gasteiger partial charge in [0.15, 0.2) is 0 Å². The van der Waals surface area contributed by atoms with Gasteiger partial charge in [0.2, 0.25) is 5.91 Å². The van der Waals surface area contributed by atoms with Crippen LogP contribution in [-0.4, -0.2) is 30.1 Å². The Labute approximate surface area is 141 Å². The van der Waals surface area contributed by atoms with E-state index < -0.39 is 12.1 Å². The SMILES string of the molecule is CSCC[C@H](NC(=O)OCc1ccccc1)C(=O)NC=C(C)C. The Bertz CT molecular complexity index is 528. The summed E-state index contributed by atoms with van der Waals surface area (Å²) in [6.07, 6.45) is 3.54. The topological polar surface area (TPSA) is 67.4 Å². The van der Waals surface area contributed by atoms with Crippen LogP contribution in [0.15, 0.2) is 42.1 Å². The molecule has 1 aromatic rings. The Morgan fingerprint density at radius 1 is 1.26 bits per heavy atom. The van der Waals surface area contributed by atoms with Gasteiger partial charge in [0, 0.05) is 6.20 Å². The lowest BCUT2D eigenvalue weighted by Gasteiger charge is -2.17. The van der Waals surface area contributed by atoms with Crippen LogP contribution in [0.4, 0.5) is 4.79 Å². The minimum atomic E-state index is -0.610. The van der Waals surface area contributed by atoms with Gasteiger partial charge in [-0.05, 0) is 37.8 Å². The molecule has 1 aromatic carbocycles. The molecule has 23 heavy (non-hydrogen) atoms. The number of thioether (sulfide) groups is 1. The number of benzene rings is 1. The van der Waals surface area contributed by atoms with Crippen molar-refractivity contribution in [1.29, 1.82) is 0 Å². The van der Waals surface area contributed by atoms with Gasteiger partial charge in [0.1, 0.15) is 12.6 Å². The van der Waals surface area contributed by atoms with Gasteiger partial charge < -0.3 is 15.4 Å². The van der Waals surface area contributed by atoms with E-state index in [1.165, 1.54) is 0 Å². The standard InChI is InChI=1S/C17H24N2O3S/c1-13(2)11-18-16(20)15(9-10-23-3)19-17(21)22-12-14-7-5-4-6-8-14/h4-8,11,15H,9-10,12H2,1-3H3,(H,18,20)(H,19,21)/t15-/m0/s1. The number of amides is 2. The largest absolute Gasteiger partial charge is 0.445 e. The predicted octanol–water partition coefficient (Wildman–Crippen LogP) is 3.07. The fourth-order valence-corrected chi connectivity index (χ4v) is 2.20. The summed E-state index contributed by atoms with van der Waals surface area (Å²) in [4.78, 5) is 24.0. The molecule has 0 aliphatic carbocycles. The third kappa shape index (κ3) is 8.30. The van der Waals surface area contributed by atoms with Crippen LogP contribution in [0.3, 0.4) is 0 Å². The number of alkyl carbamates (subject to hydrolysis) is 1. The third-order valence-corrected chi connectivity index (χ3v) is 3.58. The van der Waals surface area contributed by atoms with Crippen LogP contribution in [-0.2, 0) is 16.1 Å². The maximum Gasteiger partial charge on any atom is 0.408 e. The molecular formula is C17H24N2O3S. The maximum absolute atomic E-state index is 12.1. The van der Waals surface area contributed by atoms with Crippen LogP contribution < -0.4 is 10.6 Å². The summed E-state index contributed by atoms with van der Waals surface area (Å²) < 4.78 is 5.16. The molecule has 2 N–H and O–H groups in total. The number of hydrogen-bond donors (Lipinski definition) is 2. The van der Waals surface area contributed by atoms with Crippen molar-refractivity contribution in [2.45, 2.75) is 32.9 Å². The maximum atomic E-state index is 12.1. The molecule has 1 atom stereocenters. The quantitative estimate of drug-likeness (QED) is 0.765. The van der Waals surface area contributed by atoms with Crippen molar-refractivity contribution in [2.75, 3.05) is 12.0 Å². The van der Waals surface area contributed by atoms with Crippen LogP contribution >= 0.6 is 11.8 Å². The first kappa shape index (κ1) is 19.1. The minimum absolute atomic E-state index is 0.178. The summed E-state index contributed by atoms with van der Waals surface area (Å²) in [5, 5.41) is 5.32. The van der Waals surface area contributed by atoms with Crippen molar-refractivity contribution in [3.8, 4) is 0 Å². The van der Waals surface area contributed by atoms with E-state index in [9.17, 15) is 9.59 Å². The van der Waals surface area contributed by atoms with Crippen molar-refractivity contribution in [2.24, 2.45) is 0 Å². The molecule has 0 bridgehead atoms. The van der Waals surface area contributed by atoms with Gasteiger partial charge in [-0.25, -0.2) is 4.79 Å². The summed E-state index contributed by atoms with van der Waals surface area (Å²) in [5.74, 6) is 0.531. The molecule has 0 aliphatic heterocycles. The molecule has 126 valence electrons. The highest BCUT2D eigenvalue weighted by Gasteiger charge is 2.20. The highest BCUT2D eigenvalue weighted by Crippen LogP contribution is 2.04. The highest BCUT2D eigenvalue weighted by atomic mass is 32.2. The van der Waals surface area contributed by atoms with E-state index in [0.717, 1.165) is 16.9 Å². The van der Waals surface area contributed by atoms with E-state index in [4.69, 9.17) is 4.74 Å². The van der Waals surface area contributed by atoms with Crippen LogP contribution in [0.25, 0.3) is 0 Å². The second-order valence-electron chi connectivity index (χ2n) is 5.27. The average Bonchev–Trinajstić information content (AvgIpc) is 2.55. The fourth-order valence-electron chi connectivity index (χ4n) is 1.73. The van der Waals surface area contributed by atoms with Crippen molar-refractivity contribution in [3.63, 3.8) is 0 Å². The smallest absolute Gasteiger partial charge is 0.408 e. The molecule has 0 saturated carbocycles. The zero-order valence-corrected chi connectivity index (χ0v) is 14.6.